The predicted molar refractivity (Wildman–Crippen MR) is 111 cm³/mol. The van der Waals surface area contributed by atoms with Gasteiger partial charge in [0.25, 0.3) is 0 Å². The molecule has 3 nitrogen and oxygen atoms in total. The average Bonchev–Trinajstić information content (AvgIpc) is 2.97. The molecule has 1 heterocycles. The van der Waals surface area contributed by atoms with Crippen LogP contribution in [-0.4, -0.2) is 23.8 Å². The van der Waals surface area contributed by atoms with E-state index in [-0.39, 0.29) is 0 Å². The lowest BCUT2D eigenvalue weighted by Crippen LogP contribution is -2.16. The smallest absolute Gasteiger partial charge is 0.228 e. The van der Waals surface area contributed by atoms with Gasteiger partial charge < -0.3 is 4.67 Å². The standard InChI is InChI=1S/C7H5N.C6H5Cl.C6H13NOP2/c8-6-7-4-2-1-3-5-7;7-6-4-2-1-3-5-6;1-5-3-4-7(6(5)8)10-9-2/h1-5H;1-5H;5,9-10H,3-4H2,1-2H3. The number of benzene rings is 2. The Kier molecular flexibility index (Phi) is 11.1. The van der Waals surface area contributed by atoms with Crippen LogP contribution in [0, 0.1) is 17.2 Å². The second-order valence-corrected chi connectivity index (χ2v) is 9.19. The molecule has 0 bridgehead atoms. The summed E-state index contributed by atoms with van der Waals surface area (Å²) in [7, 11) is 1.65. The maximum Gasteiger partial charge on any atom is 0.228 e. The molecular weight excluding hydrogens is 370 g/mol. The number of carbonyl (C=O) groups is 1. The van der Waals surface area contributed by atoms with E-state index in [9.17, 15) is 4.79 Å². The average molecular weight is 393 g/mol. The summed E-state index contributed by atoms with van der Waals surface area (Å²) in [5, 5.41) is 9.08. The Morgan fingerprint density at radius 1 is 1.12 bits per heavy atom. The first-order valence-corrected chi connectivity index (χ1v) is 11.8. The lowest BCUT2D eigenvalue weighted by molar-refractivity contribution is -0.126. The zero-order chi connectivity index (χ0) is 18.5. The van der Waals surface area contributed by atoms with Gasteiger partial charge in [0.15, 0.2) is 0 Å². The van der Waals surface area contributed by atoms with Crippen molar-refractivity contribution in [1.82, 2.24) is 4.67 Å². The number of hydrogen-bond donors (Lipinski definition) is 0. The highest BCUT2D eigenvalue weighted by Crippen LogP contribution is 2.40. The SMILES string of the molecule is CPPN1CCC(C)C1=O.Clc1ccccc1.N#Cc1ccccc1. The van der Waals surface area contributed by atoms with E-state index in [0.717, 1.165) is 34.7 Å². The largest absolute Gasteiger partial charge is 0.321 e. The number of carbonyl (C=O) groups excluding carboxylic acids is 1. The first-order chi connectivity index (χ1) is 12.1. The molecule has 0 spiro atoms. The molecule has 0 radical (unpaired) electrons. The van der Waals surface area contributed by atoms with Crippen molar-refractivity contribution >= 4 is 34.2 Å². The van der Waals surface area contributed by atoms with E-state index in [1.165, 1.54) is 0 Å². The van der Waals surface area contributed by atoms with Crippen molar-refractivity contribution in [3.63, 3.8) is 0 Å². The molecule has 6 heteroatoms. The van der Waals surface area contributed by atoms with Crippen LogP contribution >= 0.6 is 28.3 Å². The zero-order valence-corrected chi connectivity index (χ0v) is 17.2. The van der Waals surface area contributed by atoms with E-state index in [1.807, 2.05) is 66.2 Å². The summed E-state index contributed by atoms with van der Waals surface area (Å²) in [6, 6.07) is 20.6. The number of nitriles is 1. The molecule has 132 valence electrons. The van der Waals surface area contributed by atoms with E-state index < -0.39 is 0 Å². The van der Waals surface area contributed by atoms with Crippen LogP contribution in [-0.2, 0) is 4.79 Å². The first-order valence-electron chi connectivity index (χ1n) is 7.98. The van der Waals surface area contributed by atoms with E-state index >= 15 is 0 Å². The van der Waals surface area contributed by atoms with Gasteiger partial charge in [-0.2, -0.15) is 5.26 Å². The molecule has 1 amide bonds. The summed E-state index contributed by atoms with van der Waals surface area (Å²) in [6.07, 6.45) is 1.07. The van der Waals surface area contributed by atoms with Crippen LogP contribution < -0.4 is 0 Å². The molecule has 2 aromatic carbocycles. The molecule has 1 aliphatic heterocycles. The van der Waals surface area contributed by atoms with Gasteiger partial charge in [-0.25, -0.2) is 0 Å². The van der Waals surface area contributed by atoms with Crippen LogP contribution in [0.4, 0.5) is 0 Å². The number of amides is 1. The molecule has 2 aromatic rings. The minimum Gasteiger partial charge on any atom is -0.321 e. The predicted octanol–water partition coefficient (Wildman–Crippen LogP) is 5.57. The molecule has 0 N–H and O–H groups in total. The zero-order valence-electron chi connectivity index (χ0n) is 14.4. The number of rotatable bonds is 2. The molecule has 1 aliphatic rings. The van der Waals surface area contributed by atoms with Crippen LogP contribution in [0.15, 0.2) is 60.7 Å². The lowest BCUT2D eigenvalue weighted by Gasteiger charge is -2.13. The quantitative estimate of drug-likeness (QED) is 0.627. The third-order valence-electron chi connectivity index (χ3n) is 3.36. The van der Waals surface area contributed by atoms with Gasteiger partial charge in [-0.3, -0.25) is 4.79 Å². The van der Waals surface area contributed by atoms with Crippen LogP contribution in [0.5, 0.6) is 0 Å². The summed E-state index contributed by atoms with van der Waals surface area (Å²) in [4.78, 5) is 11.2. The van der Waals surface area contributed by atoms with Gasteiger partial charge in [-0.1, -0.05) is 63.2 Å². The third-order valence-corrected chi connectivity index (χ3v) is 6.03. The van der Waals surface area contributed by atoms with Gasteiger partial charge in [-0.15, -0.1) is 0 Å². The molecule has 0 aliphatic carbocycles. The van der Waals surface area contributed by atoms with Crippen molar-refractivity contribution in [1.29, 1.82) is 5.26 Å². The Hall–Kier alpha value is -1.45. The van der Waals surface area contributed by atoms with Gasteiger partial charge in [0, 0.05) is 25.9 Å². The monoisotopic (exact) mass is 392 g/mol. The van der Waals surface area contributed by atoms with Crippen molar-refractivity contribution in [3.8, 4) is 6.07 Å². The van der Waals surface area contributed by atoms with E-state index in [2.05, 4.69) is 6.66 Å². The van der Waals surface area contributed by atoms with Crippen LogP contribution in [0.3, 0.4) is 0 Å². The van der Waals surface area contributed by atoms with Crippen LogP contribution in [0.2, 0.25) is 5.02 Å². The fraction of sp³-hybridized carbons (Fsp3) is 0.263. The minimum absolute atomic E-state index is 0.295. The lowest BCUT2D eigenvalue weighted by atomic mass is 10.1. The van der Waals surface area contributed by atoms with E-state index in [0.29, 0.717) is 17.4 Å². The minimum atomic E-state index is 0.295. The summed E-state index contributed by atoms with van der Waals surface area (Å²) >= 11 is 5.54. The van der Waals surface area contributed by atoms with Crippen LogP contribution in [0.1, 0.15) is 18.9 Å². The van der Waals surface area contributed by atoms with Crippen molar-refractivity contribution in [2.75, 3.05) is 13.2 Å². The number of nitrogens with zero attached hydrogens (tertiary/aromatic N) is 2. The van der Waals surface area contributed by atoms with Gasteiger partial charge >= 0.3 is 0 Å². The normalized spacial score (nSPS) is 16.3. The second kappa shape index (κ2) is 12.8. The maximum absolute atomic E-state index is 11.2. The second-order valence-electron chi connectivity index (χ2n) is 5.31. The fourth-order valence-electron chi connectivity index (χ4n) is 2.00. The summed E-state index contributed by atoms with van der Waals surface area (Å²) in [6.45, 7) is 5.17. The first kappa shape index (κ1) is 21.6. The molecule has 1 fully saturated rings. The maximum atomic E-state index is 11.2. The fourth-order valence-corrected chi connectivity index (χ4v) is 4.46. The highest BCUT2D eigenvalue weighted by Gasteiger charge is 2.26. The third kappa shape index (κ3) is 8.99. The van der Waals surface area contributed by atoms with Gasteiger partial charge in [-0.05, 0) is 37.4 Å². The molecular formula is C19H23ClN2OP2. The molecule has 1 saturated heterocycles. The topological polar surface area (TPSA) is 44.1 Å². The highest BCUT2D eigenvalue weighted by molar-refractivity contribution is 8.10. The Morgan fingerprint density at radius 3 is 2.00 bits per heavy atom. The molecule has 3 rings (SSSR count). The van der Waals surface area contributed by atoms with E-state index in [1.54, 1.807) is 12.1 Å². The molecule has 0 aromatic heterocycles. The van der Waals surface area contributed by atoms with Crippen molar-refractivity contribution in [3.05, 3.63) is 71.2 Å². The van der Waals surface area contributed by atoms with Gasteiger partial charge in [0.05, 0.1) is 11.6 Å². The van der Waals surface area contributed by atoms with Crippen molar-refractivity contribution < 1.29 is 4.79 Å². The Balaban J connectivity index is 0.000000191. The summed E-state index contributed by atoms with van der Waals surface area (Å²) in [5.41, 5.74) is 0.715. The van der Waals surface area contributed by atoms with E-state index in [4.69, 9.17) is 16.9 Å². The van der Waals surface area contributed by atoms with Crippen molar-refractivity contribution in [2.45, 2.75) is 13.3 Å². The van der Waals surface area contributed by atoms with Gasteiger partial charge in [0.1, 0.15) is 0 Å². The Bertz CT molecular complexity index is 660. The molecule has 0 saturated carbocycles. The molecule has 3 unspecified atom stereocenters. The van der Waals surface area contributed by atoms with Crippen LogP contribution in [0.25, 0.3) is 0 Å². The Morgan fingerprint density at radius 2 is 1.68 bits per heavy atom. The number of halogens is 1. The summed E-state index contributed by atoms with van der Waals surface area (Å²) < 4.78 is 2.00. The molecule has 25 heavy (non-hydrogen) atoms. The van der Waals surface area contributed by atoms with Gasteiger partial charge in [0.2, 0.25) is 5.91 Å². The Labute approximate surface area is 158 Å². The van der Waals surface area contributed by atoms with Crippen molar-refractivity contribution in [2.24, 2.45) is 5.92 Å². The number of hydrogen-bond acceptors (Lipinski definition) is 2. The highest BCUT2D eigenvalue weighted by atomic mass is 35.5. The molecule has 3 atom stereocenters. The summed E-state index contributed by atoms with van der Waals surface area (Å²) in [5.74, 6) is 0.663.